The molecule has 0 spiro atoms. The SMILES string of the molecule is COCCC(C)N1CCCCC1CN. The van der Waals surface area contributed by atoms with E-state index in [-0.39, 0.29) is 0 Å². The highest BCUT2D eigenvalue weighted by Crippen LogP contribution is 2.20. The topological polar surface area (TPSA) is 38.5 Å². The summed E-state index contributed by atoms with van der Waals surface area (Å²) in [7, 11) is 1.77. The van der Waals surface area contributed by atoms with Crippen molar-refractivity contribution in [1.29, 1.82) is 0 Å². The van der Waals surface area contributed by atoms with Gasteiger partial charge in [0.15, 0.2) is 0 Å². The highest BCUT2D eigenvalue weighted by atomic mass is 16.5. The molecule has 0 amide bonds. The van der Waals surface area contributed by atoms with Crippen LogP contribution in [0.2, 0.25) is 0 Å². The molecule has 3 heteroatoms. The zero-order chi connectivity index (χ0) is 10.4. The van der Waals surface area contributed by atoms with Gasteiger partial charge in [0.2, 0.25) is 0 Å². The van der Waals surface area contributed by atoms with Gasteiger partial charge in [0.1, 0.15) is 0 Å². The fourth-order valence-electron chi connectivity index (χ4n) is 2.31. The lowest BCUT2D eigenvalue weighted by molar-refractivity contribution is 0.0817. The normalized spacial score (nSPS) is 26.4. The number of rotatable bonds is 5. The number of ether oxygens (including phenoxy) is 1. The van der Waals surface area contributed by atoms with E-state index in [1.807, 2.05) is 0 Å². The van der Waals surface area contributed by atoms with Crippen LogP contribution in [0.25, 0.3) is 0 Å². The van der Waals surface area contributed by atoms with E-state index in [9.17, 15) is 0 Å². The van der Waals surface area contributed by atoms with Gasteiger partial charge in [0, 0.05) is 32.3 Å². The van der Waals surface area contributed by atoms with Gasteiger partial charge >= 0.3 is 0 Å². The summed E-state index contributed by atoms with van der Waals surface area (Å²) in [4.78, 5) is 2.56. The third-order valence-electron chi connectivity index (χ3n) is 3.25. The molecule has 0 aromatic heterocycles. The van der Waals surface area contributed by atoms with Gasteiger partial charge in [0.25, 0.3) is 0 Å². The van der Waals surface area contributed by atoms with E-state index < -0.39 is 0 Å². The van der Waals surface area contributed by atoms with Crippen molar-refractivity contribution in [3.8, 4) is 0 Å². The second kappa shape index (κ2) is 6.38. The average molecular weight is 200 g/mol. The van der Waals surface area contributed by atoms with E-state index in [2.05, 4.69) is 11.8 Å². The first-order valence-electron chi connectivity index (χ1n) is 5.74. The molecule has 0 radical (unpaired) electrons. The molecule has 14 heavy (non-hydrogen) atoms. The van der Waals surface area contributed by atoms with Crippen LogP contribution in [0.15, 0.2) is 0 Å². The number of methoxy groups -OCH3 is 1. The number of piperidine rings is 1. The Morgan fingerprint density at radius 2 is 2.29 bits per heavy atom. The van der Waals surface area contributed by atoms with E-state index in [1.165, 1.54) is 25.8 Å². The third-order valence-corrected chi connectivity index (χ3v) is 3.25. The quantitative estimate of drug-likeness (QED) is 0.725. The van der Waals surface area contributed by atoms with Crippen LogP contribution in [0.3, 0.4) is 0 Å². The largest absolute Gasteiger partial charge is 0.385 e. The summed E-state index contributed by atoms with van der Waals surface area (Å²) in [5.74, 6) is 0. The Morgan fingerprint density at radius 3 is 2.93 bits per heavy atom. The summed E-state index contributed by atoms with van der Waals surface area (Å²) in [5.41, 5.74) is 5.79. The molecule has 1 heterocycles. The van der Waals surface area contributed by atoms with Gasteiger partial charge in [-0.25, -0.2) is 0 Å². The first kappa shape index (κ1) is 12.0. The van der Waals surface area contributed by atoms with Gasteiger partial charge in [-0.05, 0) is 32.7 Å². The fourth-order valence-corrected chi connectivity index (χ4v) is 2.31. The highest BCUT2D eigenvalue weighted by Gasteiger charge is 2.24. The van der Waals surface area contributed by atoms with Gasteiger partial charge in [0.05, 0.1) is 0 Å². The summed E-state index contributed by atoms with van der Waals surface area (Å²) in [6.45, 7) is 5.16. The van der Waals surface area contributed by atoms with Gasteiger partial charge in [-0.15, -0.1) is 0 Å². The fraction of sp³-hybridized carbons (Fsp3) is 1.00. The van der Waals surface area contributed by atoms with Crippen LogP contribution in [-0.2, 0) is 4.74 Å². The molecule has 1 fully saturated rings. The maximum Gasteiger partial charge on any atom is 0.0477 e. The van der Waals surface area contributed by atoms with Crippen molar-refractivity contribution in [2.45, 2.75) is 44.7 Å². The highest BCUT2D eigenvalue weighted by molar-refractivity contribution is 4.81. The second-order valence-corrected chi connectivity index (χ2v) is 4.25. The first-order chi connectivity index (χ1) is 6.79. The first-order valence-corrected chi connectivity index (χ1v) is 5.74. The van der Waals surface area contributed by atoms with E-state index in [0.717, 1.165) is 19.6 Å². The maximum atomic E-state index is 5.79. The number of hydrogen-bond donors (Lipinski definition) is 1. The molecule has 84 valence electrons. The van der Waals surface area contributed by atoms with Gasteiger partial charge in [-0.1, -0.05) is 6.42 Å². The lowest BCUT2D eigenvalue weighted by Crippen LogP contribution is -2.48. The summed E-state index contributed by atoms with van der Waals surface area (Å²) in [6.07, 6.45) is 5.06. The van der Waals surface area contributed by atoms with Crippen LogP contribution >= 0.6 is 0 Å². The molecule has 1 aliphatic rings. The lowest BCUT2D eigenvalue weighted by atomic mass is 9.99. The Bertz CT molecular complexity index is 152. The minimum Gasteiger partial charge on any atom is -0.385 e. The van der Waals surface area contributed by atoms with Crippen LogP contribution in [0.5, 0.6) is 0 Å². The number of nitrogens with two attached hydrogens (primary N) is 1. The Morgan fingerprint density at radius 1 is 1.50 bits per heavy atom. The van der Waals surface area contributed by atoms with E-state index in [1.54, 1.807) is 7.11 Å². The van der Waals surface area contributed by atoms with Crippen LogP contribution in [0, 0.1) is 0 Å². The zero-order valence-corrected chi connectivity index (χ0v) is 9.54. The summed E-state index contributed by atoms with van der Waals surface area (Å²) in [6, 6.07) is 1.22. The molecule has 2 N–H and O–H groups in total. The van der Waals surface area contributed by atoms with Gasteiger partial charge < -0.3 is 10.5 Å². The molecule has 0 aliphatic carbocycles. The molecule has 1 rings (SSSR count). The van der Waals surface area contributed by atoms with E-state index in [0.29, 0.717) is 12.1 Å². The van der Waals surface area contributed by atoms with Crippen molar-refractivity contribution in [2.75, 3.05) is 26.8 Å². The smallest absolute Gasteiger partial charge is 0.0477 e. The Kier molecular flexibility index (Phi) is 5.45. The van der Waals surface area contributed by atoms with Crippen molar-refractivity contribution >= 4 is 0 Å². The monoisotopic (exact) mass is 200 g/mol. The molecular formula is C11H24N2O. The van der Waals surface area contributed by atoms with Crippen molar-refractivity contribution in [3.63, 3.8) is 0 Å². The zero-order valence-electron chi connectivity index (χ0n) is 9.54. The van der Waals surface area contributed by atoms with Crippen molar-refractivity contribution in [2.24, 2.45) is 5.73 Å². The number of nitrogens with zero attached hydrogens (tertiary/aromatic N) is 1. The van der Waals surface area contributed by atoms with Crippen LogP contribution in [0.1, 0.15) is 32.6 Å². The Labute approximate surface area is 87.6 Å². The molecule has 1 aliphatic heterocycles. The third kappa shape index (κ3) is 3.23. The van der Waals surface area contributed by atoms with E-state index in [4.69, 9.17) is 10.5 Å². The Balaban J connectivity index is 2.37. The van der Waals surface area contributed by atoms with Gasteiger partial charge in [-0.2, -0.15) is 0 Å². The summed E-state index contributed by atoms with van der Waals surface area (Å²) in [5, 5.41) is 0. The Hall–Kier alpha value is -0.120. The van der Waals surface area contributed by atoms with Crippen molar-refractivity contribution in [3.05, 3.63) is 0 Å². The molecular weight excluding hydrogens is 176 g/mol. The lowest BCUT2D eigenvalue weighted by Gasteiger charge is -2.39. The molecule has 0 bridgehead atoms. The summed E-state index contributed by atoms with van der Waals surface area (Å²) >= 11 is 0. The molecule has 2 atom stereocenters. The predicted octanol–water partition coefficient (Wildman–Crippen LogP) is 1.22. The minimum absolute atomic E-state index is 0.607. The molecule has 0 saturated carbocycles. The predicted molar refractivity (Wildman–Crippen MR) is 59.4 cm³/mol. The second-order valence-electron chi connectivity index (χ2n) is 4.25. The van der Waals surface area contributed by atoms with Crippen molar-refractivity contribution in [1.82, 2.24) is 4.90 Å². The number of hydrogen-bond acceptors (Lipinski definition) is 3. The van der Waals surface area contributed by atoms with Crippen molar-refractivity contribution < 1.29 is 4.74 Å². The molecule has 1 saturated heterocycles. The average Bonchev–Trinajstić information content (AvgIpc) is 2.25. The summed E-state index contributed by atoms with van der Waals surface area (Å²) < 4.78 is 5.11. The molecule has 3 nitrogen and oxygen atoms in total. The molecule has 0 aromatic rings. The molecule has 0 aromatic carbocycles. The van der Waals surface area contributed by atoms with Gasteiger partial charge in [-0.3, -0.25) is 4.90 Å². The molecule has 2 unspecified atom stereocenters. The maximum absolute atomic E-state index is 5.79. The number of likely N-dealkylation sites (tertiary alicyclic amines) is 1. The van der Waals surface area contributed by atoms with E-state index >= 15 is 0 Å². The van der Waals surface area contributed by atoms with Crippen LogP contribution < -0.4 is 5.73 Å². The standard InChI is InChI=1S/C11H24N2O/c1-10(6-8-14-2)13-7-4-3-5-11(13)9-12/h10-11H,3-9,12H2,1-2H3. The minimum atomic E-state index is 0.607. The van der Waals surface area contributed by atoms with Crippen LogP contribution in [-0.4, -0.2) is 43.8 Å². The van der Waals surface area contributed by atoms with Crippen LogP contribution in [0.4, 0.5) is 0 Å².